The Bertz CT molecular complexity index is 224. The van der Waals surface area contributed by atoms with Gasteiger partial charge in [-0.15, -0.1) is 11.3 Å². The molecule has 0 saturated carbocycles. The lowest BCUT2D eigenvalue weighted by Gasteiger charge is -2.17. The van der Waals surface area contributed by atoms with Gasteiger partial charge in [-0.05, 0) is 42.2 Å². The molecule has 0 bridgehead atoms. The van der Waals surface area contributed by atoms with E-state index in [-0.39, 0.29) is 0 Å². The van der Waals surface area contributed by atoms with E-state index < -0.39 is 0 Å². The fourth-order valence-corrected chi connectivity index (χ4v) is 2.76. The minimum atomic E-state index is 0.829. The molecule has 0 radical (unpaired) electrons. The van der Waals surface area contributed by atoms with Crippen LogP contribution in [0.3, 0.4) is 0 Å². The van der Waals surface area contributed by atoms with Gasteiger partial charge in [0.05, 0.1) is 0 Å². The summed E-state index contributed by atoms with van der Waals surface area (Å²) in [6.07, 6.45) is 4.12. The van der Waals surface area contributed by atoms with Crippen LogP contribution in [0.2, 0.25) is 0 Å². The van der Waals surface area contributed by atoms with E-state index in [0.717, 1.165) is 5.92 Å². The van der Waals surface area contributed by atoms with Gasteiger partial charge in [0, 0.05) is 4.88 Å². The number of hydrogen-bond donors (Lipinski definition) is 0. The topological polar surface area (TPSA) is 0 Å². The molecule has 2 rings (SSSR count). The molecule has 54 valence electrons. The van der Waals surface area contributed by atoms with Crippen molar-refractivity contribution in [3.05, 3.63) is 21.9 Å². The predicted molar refractivity (Wildman–Crippen MR) is 45.7 cm³/mol. The van der Waals surface area contributed by atoms with Crippen molar-refractivity contribution in [1.29, 1.82) is 0 Å². The average Bonchev–Trinajstić information content (AvgIpc) is 2.36. The lowest BCUT2D eigenvalue weighted by molar-refractivity contribution is 0.598. The molecule has 1 aromatic rings. The SMILES string of the molecule is C[C@@H]1CCCc2sccc21. The predicted octanol–water partition coefficient (Wildman–Crippen LogP) is 3.19. The molecule has 0 nitrogen and oxygen atoms in total. The van der Waals surface area contributed by atoms with E-state index in [1.54, 1.807) is 10.4 Å². The summed E-state index contributed by atoms with van der Waals surface area (Å²) in [5.41, 5.74) is 1.62. The molecule has 0 saturated heterocycles. The van der Waals surface area contributed by atoms with Gasteiger partial charge in [-0.25, -0.2) is 0 Å². The van der Waals surface area contributed by atoms with Gasteiger partial charge < -0.3 is 0 Å². The van der Waals surface area contributed by atoms with E-state index in [1.807, 2.05) is 11.3 Å². The maximum Gasteiger partial charge on any atom is 0.00799 e. The Morgan fingerprint density at radius 2 is 2.50 bits per heavy atom. The summed E-state index contributed by atoms with van der Waals surface area (Å²) >= 11 is 1.93. The Balaban J connectivity index is 2.41. The first-order chi connectivity index (χ1) is 4.88. The Morgan fingerprint density at radius 3 is 3.30 bits per heavy atom. The average molecular weight is 152 g/mol. The van der Waals surface area contributed by atoms with Crippen molar-refractivity contribution < 1.29 is 0 Å². The standard InChI is InChI=1S/C9H12S/c1-7-3-2-4-9-8(7)5-6-10-9/h5-7H,2-4H2,1H3/t7-/m1/s1. The molecular formula is C9H12S. The number of rotatable bonds is 0. The number of fused-ring (bicyclic) bond motifs is 1. The highest BCUT2D eigenvalue weighted by molar-refractivity contribution is 7.10. The maximum atomic E-state index is 2.34. The number of aryl methyl sites for hydroxylation is 1. The van der Waals surface area contributed by atoms with Gasteiger partial charge in [-0.3, -0.25) is 0 Å². The molecule has 0 aliphatic heterocycles. The van der Waals surface area contributed by atoms with E-state index in [1.165, 1.54) is 19.3 Å². The van der Waals surface area contributed by atoms with Crippen molar-refractivity contribution in [2.45, 2.75) is 32.1 Å². The summed E-state index contributed by atoms with van der Waals surface area (Å²) < 4.78 is 0. The van der Waals surface area contributed by atoms with Crippen LogP contribution in [0.1, 0.15) is 36.1 Å². The molecule has 1 heteroatoms. The first-order valence-corrected chi connectivity index (χ1v) is 4.82. The molecule has 0 aromatic carbocycles. The van der Waals surface area contributed by atoms with Crippen molar-refractivity contribution in [3.63, 3.8) is 0 Å². The van der Waals surface area contributed by atoms with Crippen LogP contribution in [0.25, 0.3) is 0 Å². The van der Waals surface area contributed by atoms with Gasteiger partial charge in [-0.2, -0.15) is 0 Å². The zero-order chi connectivity index (χ0) is 6.97. The molecule has 0 spiro atoms. The van der Waals surface area contributed by atoms with Crippen molar-refractivity contribution in [2.24, 2.45) is 0 Å². The Kier molecular flexibility index (Phi) is 1.53. The molecule has 1 atom stereocenters. The molecule has 1 heterocycles. The van der Waals surface area contributed by atoms with Crippen molar-refractivity contribution in [3.8, 4) is 0 Å². The third-order valence-electron chi connectivity index (χ3n) is 2.35. The third kappa shape index (κ3) is 0.891. The smallest absolute Gasteiger partial charge is 0.00799 e. The normalized spacial score (nSPS) is 24.3. The molecule has 0 N–H and O–H groups in total. The van der Waals surface area contributed by atoms with Crippen LogP contribution in [0.15, 0.2) is 11.4 Å². The quantitative estimate of drug-likeness (QED) is 0.535. The molecule has 0 amide bonds. The molecular weight excluding hydrogens is 140 g/mol. The second-order valence-electron chi connectivity index (χ2n) is 3.09. The highest BCUT2D eigenvalue weighted by Gasteiger charge is 2.16. The van der Waals surface area contributed by atoms with Crippen LogP contribution in [-0.4, -0.2) is 0 Å². The molecule has 1 aliphatic carbocycles. The zero-order valence-corrected chi connectivity index (χ0v) is 7.08. The van der Waals surface area contributed by atoms with Crippen LogP contribution in [0.5, 0.6) is 0 Å². The summed E-state index contributed by atoms with van der Waals surface area (Å²) in [5.74, 6) is 0.829. The zero-order valence-electron chi connectivity index (χ0n) is 6.26. The molecule has 1 aliphatic rings. The van der Waals surface area contributed by atoms with Crippen molar-refractivity contribution in [1.82, 2.24) is 0 Å². The lowest BCUT2D eigenvalue weighted by atomic mass is 9.90. The summed E-state index contributed by atoms with van der Waals surface area (Å²) in [7, 11) is 0. The highest BCUT2D eigenvalue weighted by atomic mass is 32.1. The van der Waals surface area contributed by atoms with Gasteiger partial charge in [-0.1, -0.05) is 6.92 Å². The van der Waals surface area contributed by atoms with Gasteiger partial charge in [0.1, 0.15) is 0 Å². The number of hydrogen-bond acceptors (Lipinski definition) is 1. The Labute approximate surface area is 65.9 Å². The third-order valence-corrected chi connectivity index (χ3v) is 3.35. The first kappa shape index (κ1) is 6.41. The summed E-state index contributed by atoms with van der Waals surface area (Å²) in [4.78, 5) is 1.64. The lowest BCUT2D eigenvalue weighted by Crippen LogP contribution is -2.02. The monoisotopic (exact) mass is 152 g/mol. The van der Waals surface area contributed by atoms with Gasteiger partial charge >= 0.3 is 0 Å². The van der Waals surface area contributed by atoms with Gasteiger partial charge in [0.15, 0.2) is 0 Å². The Morgan fingerprint density at radius 1 is 1.60 bits per heavy atom. The summed E-state index contributed by atoms with van der Waals surface area (Å²) in [5, 5.41) is 2.23. The largest absolute Gasteiger partial charge is 0.149 e. The maximum absolute atomic E-state index is 2.34. The van der Waals surface area contributed by atoms with E-state index in [4.69, 9.17) is 0 Å². The summed E-state index contributed by atoms with van der Waals surface area (Å²) in [6.45, 7) is 2.34. The van der Waals surface area contributed by atoms with Crippen LogP contribution in [0.4, 0.5) is 0 Å². The van der Waals surface area contributed by atoms with E-state index in [9.17, 15) is 0 Å². The van der Waals surface area contributed by atoms with Gasteiger partial charge in [0.25, 0.3) is 0 Å². The van der Waals surface area contributed by atoms with Crippen LogP contribution in [-0.2, 0) is 6.42 Å². The number of thiophene rings is 1. The second kappa shape index (κ2) is 2.39. The highest BCUT2D eigenvalue weighted by Crippen LogP contribution is 2.33. The van der Waals surface area contributed by atoms with E-state index >= 15 is 0 Å². The Hall–Kier alpha value is -0.300. The van der Waals surface area contributed by atoms with Crippen LogP contribution < -0.4 is 0 Å². The summed E-state index contributed by atoms with van der Waals surface area (Å²) in [6, 6.07) is 2.30. The van der Waals surface area contributed by atoms with Crippen molar-refractivity contribution in [2.75, 3.05) is 0 Å². The molecule has 0 fully saturated rings. The minimum Gasteiger partial charge on any atom is -0.149 e. The van der Waals surface area contributed by atoms with E-state index in [2.05, 4.69) is 18.4 Å². The molecule has 1 aromatic heterocycles. The van der Waals surface area contributed by atoms with Crippen molar-refractivity contribution >= 4 is 11.3 Å². The fourth-order valence-electron chi connectivity index (χ4n) is 1.72. The first-order valence-electron chi connectivity index (χ1n) is 3.94. The van der Waals surface area contributed by atoms with Crippen LogP contribution in [0, 0.1) is 0 Å². The minimum absolute atomic E-state index is 0.829. The van der Waals surface area contributed by atoms with Gasteiger partial charge in [0.2, 0.25) is 0 Å². The van der Waals surface area contributed by atoms with Crippen LogP contribution >= 0.6 is 11.3 Å². The second-order valence-corrected chi connectivity index (χ2v) is 4.09. The fraction of sp³-hybridized carbons (Fsp3) is 0.556. The molecule has 10 heavy (non-hydrogen) atoms. The van der Waals surface area contributed by atoms with E-state index in [0.29, 0.717) is 0 Å². The molecule has 0 unspecified atom stereocenters.